The molecule has 30 heavy (non-hydrogen) atoms. The van der Waals surface area contributed by atoms with Crippen molar-refractivity contribution in [3.63, 3.8) is 0 Å². The monoisotopic (exact) mass is 463 g/mol. The van der Waals surface area contributed by atoms with Gasteiger partial charge in [-0.3, -0.25) is 14.5 Å². The van der Waals surface area contributed by atoms with Gasteiger partial charge in [-0.05, 0) is 42.3 Å². The second-order valence-electron chi connectivity index (χ2n) is 7.06. The molecule has 1 aliphatic heterocycles. The van der Waals surface area contributed by atoms with Gasteiger partial charge in [0.05, 0.1) is 11.6 Å². The van der Waals surface area contributed by atoms with E-state index in [1.54, 1.807) is 54.6 Å². The number of benzene rings is 3. The zero-order valence-electron chi connectivity index (χ0n) is 16.0. The van der Waals surface area contributed by atoms with Gasteiger partial charge in [-0.2, -0.15) is 0 Å². The Morgan fingerprint density at radius 2 is 1.70 bits per heavy atom. The maximum atomic E-state index is 13.1. The summed E-state index contributed by atoms with van der Waals surface area (Å²) in [5.74, 6) is -1.77. The third kappa shape index (κ3) is 3.39. The number of halogens is 1. The topological polar surface area (TPSA) is 77.8 Å². The number of anilines is 1. The molecule has 1 heterocycles. The van der Waals surface area contributed by atoms with Crippen LogP contribution in [0.1, 0.15) is 22.7 Å². The fourth-order valence-corrected chi connectivity index (χ4v) is 3.96. The second kappa shape index (κ2) is 7.80. The molecule has 1 aliphatic rings. The minimum Gasteiger partial charge on any atom is -0.508 e. The molecule has 1 fully saturated rings. The molecule has 0 spiro atoms. The van der Waals surface area contributed by atoms with Crippen LogP contribution in [0.5, 0.6) is 5.75 Å². The predicted octanol–water partition coefficient (Wildman–Crippen LogP) is 5.09. The van der Waals surface area contributed by atoms with Crippen molar-refractivity contribution in [2.75, 3.05) is 4.90 Å². The molecule has 1 unspecified atom stereocenters. The van der Waals surface area contributed by atoms with Crippen molar-refractivity contribution in [3.8, 4) is 5.75 Å². The molecular formula is C24H18BrNO4. The van der Waals surface area contributed by atoms with Crippen LogP contribution in [0.4, 0.5) is 5.69 Å². The minimum atomic E-state index is -0.882. The van der Waals surface area contributed by atoms with Crippen molar-refractivity contribution in [2.45, 2.75) is 13.0 Å². The number of phenols is 1. The molecule has 2 N–H and O–H groups in total. The van der Waals surface area contributed by atoms with Gasteiger partial charge in [0.1, 0.15) is 11.5 Å². The molecule has 3 aromatic carbocycles. The number of aromatic hydroxyl groups is 1. The Morgan fingerprint density at radius 3 is 2.37 bits per heavy atom. The van der Waals surface area contributed by atoms with Gasteiger partial charge in [0.15, 0.2) is 0 Å². The number of ketones is 1. The molecule has 0 aliphatic carbocycles. The molecule has 0 aromatic heterocycles. The van der Waals surface area contributed by atoms with Crippen LogP contribution in [0, 0.1) is 6.92 Å². The zero-order chi connectivity index (χ0) is 21.4. The Labute approximate surface area is 182 Å². The maximum Gasteiger partial charge on any atom is 0.300 e. The number of nitrogens with zero attached hydrogens (tertiary/aromatic N) is 1. The molecular weight excluding hydrogens is 446 g/mol. The van der Waals surface area contributed by atoms with E-state index in [9.17, 15) is 19.8 Å². The van der Waals surface area contributed by atoms with Crippen LogP contribution in [0.25, 0.3) is 5.76 Å². The molecule has 1 atom stereocenters. The molecule has 4 rings (SSSR count). The fraction of sp³-hybridized carbons (Fsp3) is 0.0833. The summed E-state index contributed by atoms with van der Waals surface area (Å²) >= 11 is 3.47. The van der Waals surface area contributed by atoms with E-state index in [0.29, 0.717) is 16.8 Å². The summed E-state index contributed by atoms with van der Waals surface area (Å²) < 4.78 is 0.791. The van der Waals surface area contributed by atoms with E-state index in [0.717, 1.165) is 10.0 Å². The Hall–Kier alpha value is -3.38. The lowest BCUT2D eigenvalue weighted by Crippen LogP contribution is -2.29. The number of Topliss-reactive ketones (excluding diaryl/α,β-unsaturated/α-hetero) is 1. The first kappa shape index (κ1) is 19.9. The summed E-state index contributed by atoms with van der Waals surface area (Å²) in [5.41, 5.74) is 2.42. The number of hydrogen-bond donors (Lipinski definition) is 2. The Balaban J connectivity index is 1.97. The number of aryl methyl sites for hydroxylation is 1. The fourth-order valence-electron chi connectivity index (χ4n) is 3.59. The first-order chi connectivity index (χ1) is 14.4. The van der Waals surface area contributed by atoms with Crippen LogP contribution in [-0.4, -0.2) is 21.9 Å². The molecule has 5 nitrogen and oxygen atoms in total. The number of carbonyl (C=O) groups excluding carboxylic acids is 2. The molecule has 6 heteroatoms. The second-order valence-corrected chi connectivity index (χ2v) is 7.92. The lowest BCUT2D eigenvalue weighted by molar-refractivity contribution is -0.132. The van der Waals surface area contributed by atoms with Crippen LogP contribution in [0.2, 0.25) is 0 Å². The van der Waals surface area contributed by atoms with Gasteiger partial charge in [0.25, 0.3) is 11.7 Å². The summed E-state index contributed by atoms with van der Waals surface area (Å²) in [4.78, 5) is 27.5. The van der Waals surface area contributed by atoms with Gasteiger partial charge < -0.3 is 10.2 Å². The molecule has 0 radical (unpaired) electrons. The summed E-state index contributed by atoms with van der Waals surface area (Å²) in [5, 5.41) is 21.0. The number of rotatable bonds is 3. The molecule has 3 aromatic rings. The average molecular weight is 464 g/mol. The quantitative estimate of drug-likeness (QED) is 0.322. The van der Waals surface area contributed by atoms with Crippen molar-refractivity contribution >= 4 is 39.1 Å². The van der Waals surface area contributed by atoms with Gasteiger partial charge in [-0.1, -0.05) is 64.5 Å². The highest BCUT2D eigenvalue weighted by Gasteiger charge is 2.47. The van der Waals surface area contributed by atoms with Gasteiger partial charge in [0.2, 0.25) is 0 Å². The largest absolute Gasteiger partial charge is 0.508 e. The van der Waals surface area contributed by atoms with Gasteiger partial charge >= 0.3 is 0 Å². The SMILES string of the molecule is Cc1ccc(N2C(=O)C(=O)C(=C(O)c3ccccc3)C2c2cccc(O)c2)cc1Br. The normalized spacial score (nSPS) is 18.1. The molecule has 1 saturated heterocycles. The minimum absolute atomic E-state index is 0.00267. The van der Waals surface area contributed by atoms with Gasteiger partial charge in [0, 0.05) is 15.7 Å². The third-order valence-corrected chi connectivity index (χ3v) is 5.97. The van der Waals surface area contributed by atoms with E-state index >= 15 is 0 Å². The van der Waals surface area contributed by atoms with Crippen LogP contribution in [0.3, 0.4) is 0 Å². The number of aliphatic hydroxyl groups excluding tert-OH is 1. The lowest BCUT2D eigenvalue weighted by Gasteiger charge is -2.26. The maximum absolute atomic E-state index is 13.1. The van der Waals surface area contributed by atoms with E-state index < -0.39 is 17.7 Å². The lowest BCUT2D eigenvalue weighted by atomic mass is 9.95. The highest BCUT2D eigenvalue weighted by molar-refractivity contribution is 9.10. The smallest absolute Gasteiger partial charge is 0.300 e. The van der Waals surface area contributed by atoms with Crippen LogP contribution < -0.4 is 4.90 Å². The number of phenolic OH excluding ortho intramolecular Hbond substituents is 1. The average Bonchev–Trinajstić information content (AvgIpc) is 3.01. The van der Waals surface area contributed by atoms with E-state index in [4.69, 9.17) is 0 Å². The van der Waals surface area contributed by atoms with E-state index in [1.807, 2.05) is 13.0 Å². The van der Waals surface area contributed by atoms with Crippen molar-refractivity contribution < 1.29 is 19.8 Å². The molecule has 0 bridgehead atoms. The summed E-state index contributed by atoms with van der Waals surface area (Å²) in [6, 6.07) is 19.5. The van der Waals surface area contributed by atoms with E-state index in [1.165, 1.54) is 17.0 Å². The van der Waals surface area contributed by atoms with Crippen LogP contribution in [0.15, 0.2) is 82.8 Å². The Morgan fingerprint density at radius 1 is 0.967 bits per heavy atom. The highest BCUT2D eigenvalue weighted by atomic mass is 79.9. The Bertz CT molecular complexity index is 1190. The number of carbonyl (C=O) groups is 2. The standard InChI is InChI=1S/C24H18BrNO4/c1-14-10-11-17(13-19(14)25)26-21(16-8-5-9-18(27)12-16)20(23(29)24(26)30)22(28)15-6-3-2-4-7-15/h2-13,21,27-28H,1H3. The van der Waals surface area contributed by atoms with Crippen molar-refractivity contribution in [2.24, 2.45) is 0 Å². The molecule has 1 amide bonds. The summed E-state index contributed by atoms with van der Waals surface area (Å²) in [6.45, 7) is 1.92. The summed E-state index contributed by atoms with van der Waals surface area (Å²) in [6.07, 6.45) is 0. The van der Waals surface area contributed by atoms with Crippen LogP contribution in [-0.2, 0) is 9.59 Å². The first-order valence-electron chi connectivity index (χ1n) is 9.30. The third-order valence-electron chi connectivity index (χ3n) is 5.11. The number of hydrogen-bond acceptors (Lipinski definition) is 4. The van der Waals surface area contributed by atoms with E-state index in [-0.39, 0.29) is 17.1 Å². The molecule has 0 saturated carbocycles. The van der Waals surface area contributed by atoms with Crippen molar-refractivity contribution in [3.05, 3.63) is 99.5 Å². The molecule has 150 valence electrons. The van der Waals surface area contributed by atoms with E-state index in [2.05, 4.69) is 15.9 Å². The van der Waals surface area contributed by atoms with Gasteiger partial charge in [-0.15, -0.1) is 0 Å². The van der Waals surface area contributed by atoms with Gasteiger partial charge in [-0.25, -0.2) is 0 Å². The number of amides is 1. The highest BCUT2D eigenvalue weighted by Crippen LogP contribution is 2.43. The summed E-state index contributed by atoms with van der Waals surface area (Å²) in [7, 11) is 0. The van der Waals surface area contributed by atoms with Crippen molar-refractivity contribution in [1.82, 2.24) is 0 Å². The Kier molecular flexibility index (Phi) is 5.18. The zero-order valence-corrected chi connectivity index (χ0v) is 17.6. The predicted molar refractivity (Wildman–Crippen MR) is 118 cm³/mol. The van der Waals surface area contributed by atoms with Crippen molar-refractivity contribution in [1.29, 1.82) is 0 Å². The first-order valence-corrected chi connectivity index (χ1v) is 10.1. The number of aliphatic hydroxyl groups is 1. The van der Waals surface area contributed by atoms with Crippen LogP contribution >= 0.6 is 15.9 Å².